The average molecular weight is 317 g/mol. The zero-order valence-corrected chi connectivity index (χ0v) is 11.8. The number of primary amides is 1. The fourth-order valence-electron chi connectivity index (χ4n) is 1.28. The van der Waals surface area contributed by atoms with Crippen molar-refractivity contribution >= 4 is 29.6 Å². The standard InChI is InChI=1S/C11H19N5O6/c12-3-8(18)14-4-9(19)15-5-10(20)16-6(11(21)22)1-2-7(13)17/h6H,1-5,12H2,(H2,13,17)(H,14,18)(H,15,19)(H,16,20)(H,21,22). The van der Waals surface area contributed by atoms with Crippen molar-refractivity contribution in [3.63, 3.8) is 0 Å². The SMILES string of the molecule is NCC(=O)NCC(=O)NCC(=O)NC(CCC(N)=O)C(=O)O. The number of nitrogens with one attached hydrogen (secondary N) is 3. The number of carbonyl (C=O) groups is 5. The second-order valence-electron chi connectivity index (χ2n) is 4.22. The van der Waals surface area contributed by atoms with Crippen molar-refractivity contribution in [2.24, 2.45) is 11.5 Å². The summed E-state index contributed by atoms with van der Waals surface area (Å²) in [6, 6.07) is -1.28. The molecule has 0 aromatic carbocycles. The molecule has 0 heterocycles. The van der Waals surface area contributed by atoms with E-state index >= 15 is 0 Å². The highest BCUT2D eigenvalue weighted by atomic mass is 16.4. The van der Waals surface area contributed by atoms with Gasteiger partial charge < -0.3 is 32.5 Å². The molecule has 4 amide bonds. The van der Waals surface area contributed by atoms with E-state index in [-0.39, 0.29) is 25.9 Å². The zero-order valence-electron chi connectivity index (χ0n) is 11.8. The first-order chi connectivity index (χ1) is 10.3. The average Bonchev–Trinajstić information content (AvgIpc) is 2.46. The summed E-state index contributed by atoms with van der Waals surface area (Å²) in [6.45, 7) is -1.10. The van der Waals surface area contributed by atoms with E-state index < -0.39 is 42.2 Å². The highest BCUT2D eigenvalue weighted by molar-refractivity contribution is 5.90. The van der Waals surface area contributed by atoms with Crippen LogP contribution in [0.15, 0.2) is 0 Å². The van der Waals surface area contributed by atoms with Crippen LogP contribution >= 0.6 is 0 Å². The molecule has 0 aromatic heterocycles. The molecular weight excluding hydrogens is 298 g/mol. The minimum atomic E-state index is -1.32. The second-order valence-corrected chi connectivity index (χ2v) is 4.22. The maximum absolute atomic E-state index is 11.5. The lowest BCUT2D eigenvalue weighted by molar-refractivity contribution is -0.142. The quantitative estimate of drug-likeness (QED) is 0.236. The number of carbonyl (C=O) groups excluding carboxylic acids is 4. The third-order valence-electron chi connectivity index (χ3n) is 2.39. The number of hydrogen-bond acceptors (Lipinski definition) is 6. The number of aliphatic carboxylic acids is 1. The van der Waals surface area contributed by atoms with Gasteiger partial charge in [0.15, 0.2) is 0 Å². The highest BCUT2D eigenvalue weighted by Crippen LogP contribution is 1.97. The molecule has 11 heteroatoms. The fourth-order valence-corrected chi connectivity index (χ4v) is 1.28. The van der Waals surface area contributed by atoms with Crippen molar-refractivity contribution in [1.82, 2.24) is 16.0 Å². The molecule has 0 aliphatic rings. The van der Waals surface area contributed by atoms with Crippen LogP contribution < -0.4 is 27.4 Å². The van der Waals surface area contributed by atoms with E-state index in [1.165, 1.54) is 0 Å². The van der Waals surface area contributed by atoms with Crippen molar-refractivity contribution in [1.29, 1.82) is 0 Å². The van der Waals surface area contributed by atoms with Gasteiger partial charge in [0.05, 0.1) is 19.6 Å². The van der Waals surface area contributed by atoms with Gasteiger partial charge in [-0.15, -0.1) is 0 Å². The lowest BCUT2D eigenvalue weighted by Crippen LogP contribution is -2.47. The molecule has 11 nitrogen and oxygen atoms in total. The summed E-state index contributed by atoms with van der Waals surface area (Å²) in [7, 11) is 0. The third kappa shape index (κ3) is 9.25. The zero-order chi connectivity index (χ0) is 17.1. The van der Waals surface area contributed by atoms with Gasteiger partial charge in [0.1, 0.15) is 6.04 Å². The van der Waals surface area contributed by atoms with E-state index in [2.05, 4.69) is 16.0 Å². The molecule has 1 atom stereocenters. The van der Waals surface area contributed by atoms with Gasteiger partial charge in [0, 0.05) is 6.42 Å². The first-order valence-electron chi connectivity index (χ1n) is 6.30. The Bertz CT molecular complexity index is 452. The van der Waals surface area contributed by atoms with E-state index in [9.17, 15) is 24.0 Å². The first-order valence-corrected chi connectivity index (χ1v) is 6.30. The number of carboxylic acids is 1. The molecule has 0 spiro atoms. The third-order valence-corrected chi connectivity index (χ3v) is 2.39. The molecule has 0 radical (unpaired) electrons. The van der Waals surface area contributed by atoms with Crippen LogP contribution in [0.4, 0.5) is 0 Å². The molecule has 0 bridgehead atoms. The van der Waals surface area contributed by atoms with Crippen molar-refractivity contribution in [2.45, 2.75) is 18.9 Å². The summed E-state index contributed by atoms with van der Waals surface area (Å²) in [4.78, 5) is 55.0. The Kier molecular flexibility index (Phi) is 8.86. The Hall–Kier alpha value is -2.69. The maximum Gasteiger partial charge on any atom is 0.326 e. The minimum Gasteiger partial charge on any atom is -0.480 e. The molecular formula is C11H19N5O6. The maximum atomic E-state index is 11.5. The van der Waals surface area contributed by atoms with E-state index in [1.807, 2.05) is 0 Å². The van der Waals surface area contributed by atoms with Crippen LogP contribution in [0, 0.1) is 0 Å². The van der Waals surface area contributed by atoms with Crippen LogP contribution in [0.1, 0.15) is 12.8 Å². The molecule has 22 heavy (non-hydrogen) atoms. The van der Waals surface area contributed by atoms with Crippen LogP contribution in [0.3, 0.4) is 0 Å². The Balaban J connectivity index is 4.13. The van der Waals surface area contributed by atoms with Gasteiger partial charge in [-0.25, -0.2) is 4.79 Å². The lowest BCUT2D eigenvalue weighted by Gasteiger charge is -2.14. The molecule has 0 aliphatic carbocycles. The van der Waals surface area contributed by atoms with Crippen LogP contribution in [-0.2, 0) is 24.0 Å². The number of hydrogen-bond donors (Lipinski definition) is 6. The highest BCUT2D eigenvalue weighted by Gasteiger charge is 2.20. The molecule has 0 rings (SSSR count). The molecule has 0 saturated carbocycles. The fraction of sp³-hybridized carbons (Fsp3) is 0.545. The second kappa shape index (κ2) is 10.1. The topological polar surface area (TPSA) is 194 Å². The Morgan fingerprint density at radius 3 is 2.00 bits per heavy atom. The number of nitrogens with two attached hydrogens (primary N) is 2. The Morgan fingerprint density at radius 2 is 1.50 bits per heavy atom. The van der Waals surface area contributed by atoms with Gasteiger partial charge in [0.25, 0.3) is 0 Å². The smallest absolute Gasteiger partial charge is 0.326 e. The van der Waals surface area contributed by atoms with Crippen LogP contribution in [0.25, 0.3) is 0 Å². The summed E-state index contributed by atoms with van der Waals surface area (Å²) >= 11 is 0. The molecule has 0 fully saturated rings. The Morgan fingerprint density at radius 1 is 0.955 bits per heavy atom. The number of carboxylic acid groups (broad SMARTS) is 1. The monoisotopic (exact) mass is 317 g/mol. The van der Waals surface area contributed by atoms with Crippen molar-refractivity contribution in [3.05, 3.63) is 0 Å². The predicted octanol–water partition coefficient (Wildman–Crippen LogP) is -3.99. The van der Waals surface area contributed by atoms with Crippen molar-refractivity contribution < 1.29 is 29.1 Å². The molecule has 0 aromatic rings. The summed E-state index contributed by atoms with van der Waals surface area (Å²) in [5.41, 5.74) is 9.91. The molecule has 124 valence electrons. The molecule has 8 N–H and O–H groups in total. The van der Waals surface area contributed by atoms with Crippen molar-refractivity contribution in [2.75, 3.05) is 19.6 Å². The number of rotatable bonds is 10. The summed E-state index contributed by atoms with van der Waals surface area (Å²) in [5, 5.41) is 15.4. The van der Waals surface area contributed by atoms with Gasteiger partial charge in [-0.2, -0.15) is 0 Å². The predicted molar refractivity (Wildman–Crippen MR) is 73.1 cm³/mol. The van der Waals surface area contributed by atoms with Crippen LogP contribution in [-0.4, -0.2) is 60.4 Å². The molecule has 0 saturated heterocycles. The van der Waals surface area contributed by atoms with Crippen LogP contribution in [0.2, 0.25) is 0 Å². The minimum absolute atomic E-state index is 0.156. The van der Waals surface area contributed by atoms with E-state index in [1.54, 1.807) is 0 Å². The summed E-state index contributed by atoms with van der Waals surface area (Å²) in [5.74, 6) is -3.94. The molecule has 0 aliphatic heterocycles. The normalized spacial score (nSPS) is 11.1. The van der Waals surface area contributed by atoms with E-state index in [0.29, 0.717) is 0 Å². The van der Waals surface area contributed by atoms with Gasteiger partial charge in [-0.1, -0.05) is 0 Å². The summed E-state index contributed by atoms with van der Waals surface area (Å²) in [6.07, 6.45) is -0.356. The van der Waals surface area contributed by atoms with Crippen LogP contribution in [0.5, 0.6) is 0 Å². The lowest BCUT2D eigenvalue weighted by atomic mass is 10.1. The first kappa shape index (κ1) is 19.3. The van der Waals surface area contributed by atoms with Gasteiger partial charge in [0.2, 0.25) is 23.6 Å². The largest absolute Gasteiger partial charge is 0.480 e. The van der Waals surface area contributed by atoms with Gasteiger partial charge in [-0.3, -0.25) is 19.2 Å². The van der Waals surface area contributed by atoms with Crippen molar-refractivity contribution in [3.8, 4) is 0 Å². The number of amides is 4. The van der Waals surface area contributed by atoms with Gasteiger partial charge >= 0.3 is 5.97 Å². The molecule has 1 unspecified atom stereocenters. The summed E-state index contributed by atoms with van der Waals surface area (Å²) < 4.78 is 0. The van der Waals surface area contributed by atoms with E-state index in [4.69, 9.17) is 16.6 Å². The van der Waals surface area contributed by atoms with E-state index in [0.717, 1.165) is 0 Å². The van der Waals surface area contributed by atoms with Gasteiger partial charge in [-0.05, 0) is 6.42 Å². The Labute approximate surface area is 125 Å².